The normalized spacial score (nSPS) is 13.9. The summed E-state index contributed by atoms with van der Waals surface area (Å²) in [5, 5.41) is 2.81. The molecule has 0 saturated carbocycles. The van der Waals surface area contributed by atoms with Crippen molar-refractivity contribution in [2.45, 2.75) is 32.1 Å². The highest BCUT2D eigenvalue weighted by atomic mass is 32.2. The fourth-order valence-corrected chi connectivity index (χ4v) is 4.79. The second kappa shape index (κ2) is 11.2. The van der Waals surface area contributed by atoms with E-state index in [1.807, 2.05) is 4.90 Å². The average molecular weight is 474 g/mol. The zero-order valence-corrected chi connectivity index (χ0v) is 19.9. The van der Waals surface area contributed by atoms with Gasteiger partial charge in [-0.15, -0.1) is 0 Å². The largest absolute Gasteiger partial charge is 0.497 e. The molecule has 1 saturated heterocycles. The minimum absolute atomic E-state index is 0.0194. The Morgan fingerprint density at radius 1 is 1.06 bits per heavy atom. The lowest BCUT2D eigenvalue weighted by molar-refractivity contribution is -0.116. The number of amides is 2. The predicted molar refractivity (Wildman–Crippen MR) is 129 cm³/mol. The number of hydrogen-bond acceptors (Lipinski definition) is 5. The molecule has 178 valence electrons. The standard InChI is InChI=1S/C24H31N3O5S/c1-32-22-9-6-8-21(18-22)27(33(2,30)31)17-7-10-23(28)25-20-13-11-19(12-14-20)24(29)26-15-4-3-5-16-26/h6,8-9,11-14,18H,3-5,7,10,15-17H2,1-2H3,(H,25,28). The van der Waals surface area contributed by atoms with E-state index in [1.165, 1.54) is 11.4 Å². The van der Waals surface area contributed by atoms with Crippen LogP contribution in [0.5, 0.6) is 5.75 Å². The highest BCUT2D eigenvalue weighted by Crippen LogP contribution is 2.23. The van der Waals surface area contributed by atoms with E-state index < -0.39 is 10.0 Å². The van der Waals surface area contributed by atoms with Crippen molar-refractivity contribution >= 4 is 33.2 Å². The summed E-state index contributed by atoms with van der Waals surface area (Å²) >= 11 is 0. The summed E-state index contributed by atoms with van der Waals surface area (Å²) in [5.74, 6) is 0.358. The Bertz CT molecular complexity index is 1060. The summed E-state index contributed by atoms with van der Waals surface area (Å²) in [7, 11) is -1.99. The molecule has 1 fully saturated rings. The molecular formula is C24H31N3O5S. The first-order chi connectivity index (χ1) is 15.8. The number of piperidine rings is 1. The maximum Gasteiger partial charge on any atom is 0.253 e. The molecule has 2 aromatic rings. The van der Waals surface area contributed by atoms with Gasteiger partial charge in [-0.05, 0) is 62.1 Å². The molecule has 0 unspecified atom stereocenters. The molecule has 8 nitrogen and oxygen atoms in total. The molecular weight excluding hydrogens is 442 g/mol. The second-order valence-electron chi connectivity index (χ2n) is 8.12. The lowest BCUT2D eigenvalue weighted by atomic mass is 10.1. The van der Waals surface area contributed by atoms with E-state index in [1.54, 1.807) is 48.5 Å². The van der Waals surface area contributed by atoms with Crippen LogP contribution < -0.4 is 14.4 Å². The van der Waals surface area contributed by atoms with E-state index in [0.29, 0.717) is 29.1 Å². The molecule has 33 heavy (non-hydrogen) atoms. The van der Waals surface area contributed by atoms with Gasteiger partial charge in [0, 0.05) is 43.4 Å². The van der Waals surface area contributed by atoms with Crippen LogP contribution in [0.3, 0.4) is 0 Å². The average Bonchev–Trinajstić information content (AvgIpc) is 2.81. The van der Waals surface area contributed by atoms with Crippen LogP contribution >= 0.6 is 0 Å². The van der Waals surface area contributed by atoms with E-state index in [9.17, 15) is 18.0 Å². The van der Waals surface area contributed by atoms with Gasteiger partial charge in [-0.25, -0.2) is 8.42 Å². The topological polar surface area (TPSA) is 96.0 Å². The number of sulfonamides is 1. The number of anilines is 2. The molecule has 1 N–H and O–H groups in total. The molecule has 1 aliphatic heterocycles. The van der Waals surface area contributed by atoms with Crippen LogP contribution in [-0.4, -0.2) is 58.1 Å². The van der Waals surface area contributed by atoms with E-state index in [-0.39, 0.29) is 24.8 Å². The Morgan fingerprint density at radius 2 is 1.76 bits per heavy atom. The summed E-state index contributed by atoms with van der Waals surface area (Å²) in [6, 6.07) is 13.7. The number of carbonyl (C=O) groups is 2. The third-order valence-electron chi connectivity index (χ3n) is 5.57. The van der Waals surface area contributed by atoms with E-state index in [0.717, 1.165) is 38.6 Å². The number of nitrogens with one attached hydrogen (secondary N) is 1. The third kappa shape index (κ3) is 6.95. The summed E-state index contributed by atoms with van der Waals surface area (Å²) in [5.41, 5.74) is 1.70. The lowest BCUT2D eigenvalue weighted by Gasteiger charge is -2.26. The molecule has 0 bridgehead atoms. The van der Waals surface area contributed by atoms with Gasteiger partial charge in [0.15, 0.2) is 0 Å². The van der Waals surface area contributed by atoms with Gasteiger partial charge in [0.2, 0.25) is 15.9 Å². The van der Waals surface area contributed by atoms with Gasteiger partial charge >= 0.3 is 0 Å². The van der Waals surface area contributed by atoms with Gasteiger partial charge in [-0.1, -0.05) is 6.07 Å². The van der Waals surface area contributed by atoms with Crippen molar-refractivity contribution < 1.29 is 22.7 Å². The Morgan fingerprint density at radius 3 is 2.39 bits per heavy atom. The monoisotopic (exact) mass is 473 g/mol. The highest BCUT2D eigenvalue weighted by molar-refractivity contribution is 7.92. The van der Waals surface area contributed by atoms with Crippen molar-refractivity contribution in [3.05, 3.63) is 54.1 Å². The molecule has 3 rings (SSSR count). The minimum Gasteiger partial charge on any atom is -0.497 e. The summed E-state index contributed by atoms with van der Waals surface area (Å²) in [6.45, 7) is 1.75. The molecule has 0 radical (unpaired) electrons. The van der Waals surface area contributed by atoms with Crippen molar-refractivity contribution in [1.82, 2.24) is 4.90 Å². The first-order valence-corrected chi connectivity index (χ1v) is 12.9. The highest BCUT2D eigenvalue weighted by Gasteiger charge is 2.19. The SMILES string of the molecule is COc1cccc(N(CCCC(=O)Nc2ccc(C(=O)N3CCCCC3)cc2)S(C)(=O)=O)c1. The maximum absolute atomic E-state index is 12.6. The molecule has 2 amide bonds. The Labute approximate surface area is 195 Å². The number of rotatable bonds is 9. The summed E-state index contributed by atoms with van der Waals surface area (Å²) in [6.07, 6.45) is 4.88. The molecule has 1 aliphatic rings. The maximum atomic E-state index is 12.6. The first kappa shape index (κ1) is 24.6. The van der Waals surface area contributed by atoms with E-state index >= 15 is 0 Å². The van der Waals surface area contributed by atoms with Crippen LogP contribution in [0, 0.1) is 0 Å². The third-order valence-corrected chi connectivity index (χ3v) is 6.76. The van der Waals surface area contributed by atoms with Crippen LogP contribution in [0.4, 0.5) is 11.4 Å². The fourth-order valence-electron chi connectivity index (χ4n) is 3.83. The predicted octanol–water partition coefficient (Wildman–Crippen LogP) is 3.51. The van der Waals surface area contributed by atoms with Crippen molar-refractivity contribution in [2.75, 3.05) is 42.6 Å². The molecule has 0 spiro atoms. The Hall–Kier alpha value is -3.07. The van der Waals surface area contributed by atoms with Gasteiger partial charge in [-0.3, -0.25) is 13.9 Å². The number of hydrogen-bond donors (Lipinski definition) is 1. The molecule has 9 heteroatoms. The van der Waals surface area contributed by atoms with Gasteiger partial charge in [0.05, 0.1) is 19.1 Å². The van der Waals surface area contributed by atoms with Crippen molar-refractivity contribution in [3.63, 3.8) is 0 Å². The van der Waals surface area contributed by atoms with Gasteiger partial charge < -0.3 is 15.0 Å². The summed E-state index contributed by atoms with van der Waals surface area (Å²) < 4.78 is 30.9. The summed E-state index contributed by atoms with van der Waals surface area (Å²) in [4.78, 5) is 26.8. The smallest absolute Gasteiger partial charge is 0.253 e. The van der Waals surface area contributed by atoms with Gasteiger partial charge in [-0.2, -0.15) is 0 Å². The van der Waals surface area contributed by atoms with Crippen molar-refractivity contribution in [3.8, 4) is 5.75 Å². The van der Waals surface area contributed by atoms with Crippen LogP contribution in [-0.2, 0) is 14.8 Å². The number of methoxy groups -OCH3 is 1. The lowest BCUT2D eigenvalue weighted by Crippen LogP contribution is -2.35. The number of nitrogens with zero attached hydrogens (tertiary/aromatic N) is 2. The quantitative estimate of drug-likeness (QED) is 0.601. The van der Waals surface area contributed by atoms with Crippen LogP contribution in [0.2, 0.25) is 0 Å². The Balaban J connectivity index is 1.53. The molecule has 0 atom stereocenters. The fraction of sp³-hybridized carbons (Fsp3) is 0.417. The number of likely N-dealkylation sites (tertiary alicyclic amines) is 1. The van der Waals surface area contributed by atoms with E-state index in [4.69, 9.17) is 4.74 Å². The zero-order valence-electron chi connectivity index (χ0n) is 19.1. The molecule has 1 heterocycles. The van der Waals surface area contributed by atoms with Crippen LogP contribution in [0.1, 0.15) is 42.5 Å². The Kier molecular flexibility index (Phi) is 8.32. The van der Waals surface area contributed by atoms with E-state index in [2.05, 4.69) is 5.32 Å². The first-order valence-electron chi connectivity index (χ1n) is 11.1. The minimum atomic E-state index is -3.51. The zero-order chi connectivity index (χ0) is 23.8. The second-order valence-corrected chi connectivity index (χ2v) is 10.0. The van der Waals surface area contributed by atoms with Crippen LogP contribution in [0.15, 0.2) is 48.5 Å². The van der Waals surface area contributed by atoms with Crippen LogP contribution in [0.25, 0.3) is 0 Å². The van der Waals surface area contributed by atoms with Gasteiger partial charge in [0.1, 0.15) is 5.75 Å². The van der Waals surface area contributed by atoms with Crippen molar-refractivity contribution in [1.29, 1.82) is 0 Å². The molecule has 2 aromatic carbocycles. The number of carbonyl (C=O) groups excluding carboxylic acids is 2. The number of benzene rings is 2. The molecule has 0 aromatic heterocycles. The van der Waals surface area contributed by atoms with Gasteiger partial charge in [0.25, 0.3) is 5.91 Å². The molecule has 0 aliphatic carbocycles. The van der Waals surface area contributed by atoms with Crippen molar-refractivity contribution in [2.24, 2.45) is 0 Å². The number of ether oxygens (including phenoxy) is 1.